The van der Waals surface area contributed by atoms with Crippen LogP contribution in [-0.4, -0.2) is 16.7 Å². The molecule has 0 N–H and O–H groups in total. The molecule has 5 rings (SSSR count). The number of carbonyl (C=O) groups is 2. The molecule has 6 nitrogen and oxygen atoms in total. The first-order valence-corrected chi connectivity index (χ1v) is 10.2. The number of para-hydroxylation sites is 1. The van der Waals surface area contributed by atoms with E-state index in [0.717, 1.165) is 21.5 Å². The summed E-state index contributed by atoms with van der Waals surface area (Å²) in [5.74, 6) is -0.307. The fraction of sp³-hybridized carbons (Fsp3) is 0.227. The van der Waals surface area contributed by atoms with Crippen LogP contribution in [0.25, 0.3) is 11.0 Å². The average Bonchev–Trinajstić information content (AvgIpc) is 3.23. The second-order valence-corrected chi connectivity index (χ2v) is 8.39. The molecule has 2 aliphatic heterocycles. The number of esters is 1. The number of hydrogen-bond acceptors (Lipinski definition) is 6. The minimum absolute atomic E-state index is 0.0866. The topological polar surface area (TPSA) is 76.8 Å². The lowest BCUT2D eigenvalue weighted by atomic mass is 10.1. The highest BCUT2D eigenvalue weighted by molar-refractivity contribution is 8.02. The summed E-state index contributed by atoms with van der Waals surface area (Å²) in [5.41, 5.74) is 1.56. The van der Waals surface area contributed by atoms with Gasteiger partial charge < -0.3 is 9.15 Å². The van der Waals surface area contributed by atoms with E-state index < -0.39 is 16.5 Å². The number of rotatable bonds is 3. The van der Waals surface area contributed by atoms with E-state index >= 15 is 0 Å². The molecule has 0 saturated carbocycles. The van der Waals surface area contributed by atoms with E-state index in [1.807, 2.05) is 31.2 Å². The van der Waals surface area contributed by atoms with Crippen LogP contribution in [0.3, 0.4) is 0 Å². The Labute approximate surface area is 170 Å². The van der Waals surface area contributed by atoms with Gasteiger partial charge in [-0.2, -0.15) is 0 Å². The van der Waals surface area contributed by atoms with E-state index in [0.29, 0.717) is 24.8 Å². The van der Waals surface area contributed by atoms with Crippen molar-refractivity contribution in [2.45, 2.75) is 36.0 Å². The molecule has 7 heteroatoms. The molecule has 3 aromatic rings. The van der Waals surface area contributed by atoms with Crippen LogP contribution in [0.1, 0.15) is 25.3 Å². The van der Waals surface area contributed by atoms with Gasteiger partial charge in [-0.05, 0) is 36.2 Å². The predicted octanol–water partition coefficient (Wildman–Crippen LogP) is 3.89. The van der Waals surface area contributed by atoms with Crippen LogP contribution in [0, 0.1) is 0 Å². The summed E-state index contributed by atoms with van der Waals surface area (Å²) in [5, 5.41) is 0.811. The van der Waals surface area contributed by atoms with Gasteiger partial charge in [-0.15, -0.1) is 0 Å². The van der Waals surface area contributed by atoms with Crippen molar-refractivity contribution in [3.8, 4) is 5.75 Å². The van der Waals surface area contributed by atoms with Gasteiger partial charge >= 0.3 is 11.6 Å². The average molecular weight is 407 g/mol. The zero-order valence-electron chi connectivity index (χ0n) is 15.6. The quantitative estimate of drug-likeness (QED) is 0.372. The van der Waals surface area contributed by atoms with Crippen LogP contribution < -0.4 is 15.3 Å². The van der Waals surface area contributed by atoms with E-state index in [4.69, 9.17) is 9.15 Å². The van der Waals surface area contributed by atoms with E-state index in [1.165, 1.54) is 17.8 Å². The molecule has 0 radical (unpaired) electrons. The lowest BCUT2D eigenvalue weighted by Crippen LogP contribution is -2.48. The molecule has 2 aromatic carbocycles. The third-order valence-electron chi connectivity index (χ3n) is 5.39. The maximum absolute atomic E-state index is 13.2. The summed E-state index contributed by atoms with van der Waals surface area (Å²) in [6.45, 7) is 1.96. The lowest BCUT2D eigenvalue weighted by molar-refractivity contribution is -0.137. The lowest BCUT2D eigenvalue weighted by Gasteiger charge is -2.28. The number of thioether (sulfide) groups is 1. The van der Waals surface area contributed by atoms with Crippen LogP contribution in [-0.2, 0) is 16.0 Å². The van der Waals surface area contributed by atoms with Gasteiger partial charge in [-0.1, -0.05) is 30.8 Å². The van der Waals surface area contributed by atoms with Gasteiger partial charge in [0.15, 0.2) is 4.87 Å². The number of nitrogens with zero attached hydrogens (tertiary/aromatic N) is 1. The molecule has 0 spiro atoms. The second kappa shape index (κ2) is 6.49. The van der Waals surface area contributed by atoms with Crippen molar-refractivity contribution in [3.63, 3.8) is 0 Å². The minimum Gasteiger partial charge on any atom is -0.424 e. The van der Waals surface area contributed by atoms with Crippen LogP contribution in [0.2, 0.25) is 0 Å². The molecular formula is C22H17NO5S. The first-order valence-electron chi connectivity index (χ1n) is 9.42. The van der Waals surface area contributed by atoms with E-state index in [-0.39, 0.29) is 11.7 Å². The van der Waals surface area contributed by atoms with Gasteiger partial charge in [0.2, 0.25) is 5.91 Å². The smallest absolute Gasteiger partial charge is 0.348 e. The molecule has 1 amide bonds. The van der Waals surface area contributed by atoms with Gasteiger partial charge in [0.05, 0.1) is 5.69 Å². The van der Waals surface area contributed by atoms with Crippen LogP contribution in [0.5, 0.6) is 5.75 Å². The first kappa shape index (κ1) is 18.0. The summed E-state index contributed by atoms with van der Waals surface area (Å²) < 4.78 is 11.0. The maximum Gasteiger partial charge on any atom is 0.348 e. The van der Waals surface area contributed by atoms with Gasteiger partial charge in [0, 0.05) is 35.3 Å². The van der Waals surface area contributed by atoms with Crippen molar-refractivity contribution in [2.24, 2.45) is 0 Å². The van der Waals surface area contributed by atoms with Gasteiger partial charge in [0.1, 0.15) is 11.3 Å². The Kier molecular flexibility index (Phi) is 4.03. The van der Waals surface area contributed by atoms with Gasteiger partial charge in [-0.3, -0.25) is 9.69 Å². The SMILES string of the molecule is CCc1cc(=O)oc2cc(OC(=O)C34CCC(=O)N3c3ccccc3S4)ccc12. The zero-order valence-corrected chi connectivity index (χ0v) is 16.5. The van der Waals surface area contributed by atoms with Gasteiger partial charge in [0.25, 0.3) is 0 Å². The fourth-order valence-corrected chi connectivity index (χ4v) is 5.42. The third kappa shape index (κ3) is 2.68. The van der Waals surface area contributed by atoms with Crippen molar-refractivity contribution in [2.75, 3.05) is 4.90 Å². The highest BCUT2D eigenvalue weighted by atomic mass is 32.2. The normalized spacial score (nSPS) is 20.0. The van der Waals surface area contributed by atoms with Crippen molar-refractivity contribution in [1.82, 2.24) is 0 Å². The number of benzene rings is 2. The number of ether oxygens (including phenoxy) is 1. The number of hydrogen-bond donors (Lipinski definition) is 0. The van der Waals surface area contributed by atoms with Crippen molar-refractivity contribution in [3.05, 3.63) is 64.5 Å². The summed E-state index contributed by atoms with van der Waals surface area (Å²) in [7, 11) is 0. The Bertz CT molecular complexity index is 1230. The molecule has 1 fully saturated rings. The monoisotopic (exact) mass is 407 g/mol. The fourth-order valence-electron chi connectivity index (χ4n) is 4.03. The van der Waals surface area contributed by atoms with Crippen LogP contribution in [0.15, 0.2) is 62.6 Å². The summed E-state index contributed by atoms with van der Waals surface area (Å²) in [4.78, 5) is 38.9. The zero-order chi connectivity index (χ0) is 20.2. The third-order valence-corrected chi connectivity index (χ3v) is 6.84. The van der Waals surface area contributed by atoms with E-state index in [2.05, 4.69) is 0 Å². The van der Waals surface area contributed by atoms with Crippen molar-refractivity contribution >= 4 is 40.3 Å². The Balaban J connectivity index is 1.51. The van der Waals surface area contributed by atoms with Crippen LogP contribution >= 0.6 is 11.8 Å². The Morgan fingerprint density at radius 3 is 2.86 bits per heavy atom. The van der Waals surface area contributed by atoms with Crippen LogP contribution in [0.4, 0.5) is 5.69 Å². The molecule has 1 atom stereocenters. The Morgan fingerprint density at radius 1 is 1.21 bits per heavy atom. The summed E-state index contributed by atoms with van der Waals surface area (Å²) >= 11 is 1.35. The first-order chi connectivity index (χ1) is 14.0. The molecule has 1 aromatic heterocycles. The van der Waals surface area contributed by atoms with Crippen molar-refractivity contribution < 1.29 is 18.7 Å². The standard InChI is InChI=1S/C22H17NO5S/c1-2-13-11-20(25)28-17-12-14(7-8-15(13)17)27-21(26)22-10-9-19(24)23(22)16-5-3-4-6-18(16)29-22/h3-8,11-12H,2,9-10H2,1H3. The van der Waals surface area contributed by atoms with Crippen molar-refractivity contribution in [1.29, 1.82) is 0 Å². The molecule has 0 aliphatic carbocycles. The number of aryl methyl sites for hydroxylation is 1. The molecule has 146 valence electrons. The number of fused-ring (bicyclic) bond motifs is 4. The molecular weight excluding hydrogens is 390 g/mol. The Hall–Kier alpha value is -3.06. The summed E-state index contributed by atoms with van der Waals surface area (Å²) in [6, 6.07) is 14.0. The number of amides is 1. The number of anilines is 1. The molecule has 1 unspecified atom stereocenters. The second-order valence-electron chi connectivity index (χ2n) is 7.08. The highest BCUT2D eigenvalue weighted by Crippen LogP contribution is 2.56. The largest absolute Gasteiger partial charge is 0.424 e. The molecule has 3 heterocycles. The predicted molar refractivity (Wildman–Crippen MR) is 109 cm³/mol. The maximum atomic E-state index is 13.2. The van der Waals surface area contributed by atoms with E-state index in [1.54, 1.807) is 23.1 Å². The molecule has 29 heavy (non-hydrogen) atoms. The van der Waals surface area contributed by atoms with Gasteiger partial charge in [-0.25, -0.2) is 9.59 Å². The minimum atomic E-state index is -1.10. The molecule has 1 saturated heterocycles. The highest BCUT2D eigenvalue weighted by Gasteiger charge is 2.58. The summed E-state index contributed by atoms with van der Waals surface area (Å²) in [6.07, 6.45) is 1.37. The Morgan fingerprint density at radius 2 is 2.03 bits per heavy atom. The molecule has 0 bridgehead atoms. The van der Waals surface area contributed by atoms with E-state index in [9.17, 15) is 14.4 Å². The number of carbonyl (C=O) groups excluding carboxylic acids is 2. The molecule has 2 aliphatic rings.